The van der Waals surface area contributed by atoms with Gasteiger partial charge in [0.05, 0.1) is 11.7 Å². The summed E-state index contributed by atoms with van der Waals surface area (Å²) in [6, 6.07) is 15.0. The lowest BCUT2D eigenvalue weighted by Gasteiger charge is -2.32. The first-order valence-corrected chi connectivity index (χ1v) is 9.29. The number of halogens is 1. The molecule has 0 amide bonds. The molecule has 0 spiro atoms. The number of thioether (sulfide) groups is 1. The van der Waals surface area contributed by atoms with Crippen molar-refractivity contribution in [2.75, 3.05) is 5.75 Å². The first kappa shape index (κ1) is 15.0. The normalized spacial score (nSPS) is 26.3. The molecular formula is C18H18ClN3S. The van der Waals surface area contributed by atoms with Gasteiger partial charge in [-0.05, 0) is 36.2 Å². The number of amidine groups is 1. The molecule has 3 heterocycles. The largest absolute Gasteiger partial charge is 0.338 e. The zero-order valence-electron chi connectivity index (χ0n) is 12.9. The molecule has 0 aliphatic carbocycles. The second kappa shape index (κ2) is 6.17. The van der Waals surface area contributed by atoms with E-state index in [1.165, 1.54) is 5.56 Å². The minimum Gasteiger partial charge on any atom is -0.338 e. The van der Waals surface area contributed by atoms with Crippen molar-refractivity contribution < 1.29 is 0 Å². The van der Waals surface area contributed by atoms with Crippen LogP contribution in [-0.2, 0) is 0 Å². The van der Waals surface area contributed by atoms with Crippen molar-refractivity contribution in [2.24, 2.45) is 4.99 Å². The van der Waals surface area contributed by atoms with E-state index >= 15 is 0 Å². The topological polar surface area (TPSA) is 28.5 Å². The van der Waals surface area contributed by atoms with Gasteiger partial charge in [-0.2, -0.15) is 0 Å². The fourth-order valence-corrected chi connectivity index (χ4v) is 4.94. The third-order valence-corrected chi connectivity index (χ3v) is 5.88. The Labute approximate surface area is 145 Å². The summed E-state index contributed by atoms with van der Waals surface area (Å²) in [7, 11) is 0. The summed E-state index contributed by atoms with van der Waals surface area (Å²) in [5.74, 6) is 1.11. The Hall–Kier alpha value is -1.52. The maximum Gasteiger partial charge on any atom is 0.160 e. The fraction of sp³-hybridized carbons (Fsp3) is 0.333. The zero-order valence-corrected chi connectivity index (χ0v) is 14.5. The summed E-state index contributed by atoms with van der Waals surface area (Å²) in [5, 5.41) is 1.92. The molecule has 2 aliphatic rings. The number of fused-ring (bicyclic) bond motifs is 1. The molecule has 0 unspecified atom stereocenters. The van der Waals surface area contributed by atoms with Crippen LogP contribution in [0.2, 0.25) is 5.02 Å². The lowest BCUT2D eigenvalue weighted by atomic mass is 9.95. The summed E-state index contributed by atoms with van der Waals surface area (Å²) in [4.78, 5) is 12.0. The van der Waals surface area contributed by atoms with E-state index in [-0.39, 0.29) is 12.1 Å². The van der Waals surface area contributed by atoms with E-state index in [4.69, 9.17) is 16.6 Å². The number of nitrogens with zero attached hydrogens (tertiary/aromatic N) is 3. The average molecular weight is 344 g/mol. The first-order valence-electron chi connectivity index (χ1n) is 7.93. The van der Waals surface area contributed by atoms with E-state index in [9.17, 15) is 0 Å². The van der Waals surface area contributed by atoms with Crippen molar-refractivity contribution >= 4 is 28.5 Å². The Bertz CT molecular complexity index is 734. The predicted molar refractivity (Wildman–Crippen MR) is 97.0 cm³/mol. The van der Waals surface area contributed by atoms with E-state index in [0.717, 1.165) is 28.1 Å². The molecule has 3 atom stereocenters. The van der Waals surface area contributed by atoms with Crippen LogP contribution in [0.25, 0.3) is 0 Å². The van der Waals surface area contributed by atoms with Gasteiger partial charge in [0.1, 0.15) is 6.04 Å². The second-order valence-corrected chi connectivity index (χ2v) is 7.31. The van der Waals surface area contributed by atoms with E-state index < -0.39 is 0 Å². The van der Waals surface area contributed by atoms with Gasteiger partial charge in [0.2, 0.25) is 0 Å². The minimum absolute atomic E-state index is 0.0338. The summed E-state index contributed by atoms with van der Waals surface area (Å²) in [6.07, 6.45) is 2.97. The molecule has 1 fully saturated rings. The fourth-order valence-electron chi connectivity index (χ4n) is 3.40. The van der Waals surface area contributed by atoms with Gasteiger partial charge < -0.3 is 4.90 Å². The molecule has 1 saturated heterocycles. The lowest BCUT2D eigenvalue weighted by Crippen LogP contribution is -2.35. The van der Waals surface area contributed by atoms with Gasteiger partial charge in [0.25, 0.3) is 0 Å². The van der Waals surface area contributed by atoms with Crippen molar-refractivity contribution in [3.05, 3.63) is 64.9 Å². The second-order valence-electron chi connectivity index (χ2n) is 5.89. The molecule has 0 radical (unpaired) electrons. The summed E-state index contributed by atoms with van der Waals surface area (Å²) >= 11 is 8.12. The number of benzene rings is 1. The molecule has 118 valence electrons. The molecule has 3 nitrogen and oxygen atoms in total. The number of rotatable bonds is 3. The van der Waals surface area contributed by atoms with Gasteiger partial charge in [-0.1, -0.05) is 48.5 Å². The van der Waals surface area contributed by atoms with Crippen LogP contribution in [0.3, 0.4) is 0 Å². The van der Waals surface area contributed by atoms with Gasteiger partial charge in [-0.15, -0.1) is 0 Å². The van der Waals surface area contributed by atoms with Gasteiger partial charge in [0, 0.05) is 23.0 Å². The van der Waals surface area contributed by atoms with Gasteiger partial charge in [0.15, 0.2) is 5.17 Å². The van der Waals surface area contributed by atoms with Crippen LogP contribution in [0.5, 0.6) is 0 Å². The summed E-state index contributed by atoms with van der Waals surface area (Å²) in [5.41, 5.74) is 2.24. The summed E-state index contributed by atoms with van der Waals surface area (Å²) in [6.45, 7) is 2.25. The number of aliphatic imine (C=N–C) groups is 1. The quantitative estimate of drug-likeness (QED) is 0.807. The molecule has 2 aliphatic heterocycles. The van der Waals surface area contributed by atoms with Gasteiger partial charge >= 0.3 is 0 Å². The summed E-state index contributed by atoms with van der Waals surface area (Å²) < 4.78 is 0. The minimum atomic E-state index is 0.0338. The SMILES string of the molecule is CC[C@@H]1CSC2=N[C@@H](c3ccccn3)[C@H](c3cccc(Cl)c3)N21. The highest BCUT2D eigenvalue weighted by molar-refractivity contribution is 8.14. The zero-order chi connectivity index (χ0) is 15.8. The highest BCUT2D eigenvalue weighted by atomic mass is 35.5. The van der Waals surface area contributed by atoms with E-state index in [1.54, 1.807) is 0 Å². The monoisotopic (exact) mass is 343 g/mol. The van der Waals surface area contributed by atoms with Crippen LogP contribution < -0.4 is 0 Å². The van der Waals surface area contributed by atoms with E-state index in [1.807, 2.05) is 42.2 Å². The molecule has 0 bridgehead atoms. The molecular weight excluding hydrogens is 326 g/mol. The van der Waals surface area contributed by atoms with Gasteiger partial charge in [-0.3, -0.25) is 9.98 Å². The molecule has 5 heteroatoms. The third kappa shape index (κ3) is 2.64. The van der Waals surface area contributed by atoms with Crippen LogP contribution in [0.4, 0.5) is 0 Å². The van der Waals surface area contributed by atoms with Crippen molar-refractivity contribution in [3.8, 4) is 0 Å². The number of pyridine rings is 1. The smallest absolute Gasteiger partial charge is 0.160 e. The lowest BCUT2D eigenvalue weighted by molar-refractivity contribution is 0.255. The van der Waals surface area contributed by atoms with Crippen LogP contribution in [0, 0.1) is 0 Å². The highest BCUT2D eigenvalue weighted by Crippen LogP contribution is 2.48. The first-order chi connectivity index (χ1) is 11.3. The average Bonchev–Trinajstić information content (AvgIpc) is 3.14. The highest BCUT2D eigenvalue weighted by Gasteiger charge is 2.45. The maximum atomic E-state index is 6.25. The van der Waals surface area contributed by atoms with Crippen LogP contribution in [0.1, 0.15) is 36.7 Å². The Balaban J connectivity index is 1.80. The number of aromatic nitrogens is 1. The molecule has 0 saturated carbocycles. The molecule has 4 rings (SSSR count). The number of hydrogen-bond donors (Lipinski definition) is 0. The molecule has 1 aromatic heterocycles. The van der Waals surface area contributed by atoms with Crippen molar-refractivity contribution in [1.29, 1.82) is 0 Å². The van der Waals surface area contributed by atoms with Crippen LogP contribution in [-0.4, -0.2) is 26.8 Å². The number of hydrogen-bond acceptors (Lipinski definition) is 4. The Kier molecular flexibility index (Phi) is 4.04. The van der Waals surface area contributed by atoms with E-state index in [2.05, 4.69) is 35.0 Å². The molecule has 2 aromatic rings. The standard InChI is InChI=1S/C18H18ClN3S/c1-2-14-11-23-18-21-16(15-8-3-4-9-20-15)17(22(14)18)12-6-5-7-13(19)10-12/h3-10,14,16-17H,2,11H2,1H3/t14-,16+,17+/m1/s1. The maximum absolute atomic E-state index is 6.25. The predicted octanol–water partition coefficient (Wildman–Crippen LogP) is 4.71. The van der Waals surface area contributed by atoms with Crippen LogP contribution in [0.15, 0.2) is 53.7 Å². The van der Waals surface area contributed by atoms with Crippen molar-refractivity contribution in [1.82, 2.24) is 9.88 Å². The Morgan fingerprint density at radius 1 is 1.26 bits per heavy atom. The van der Waals surface area contributed by atoms with Crippen molar-refractivity contribution in [2.45, 2.75) is 31.5 Å². The van der Waals surface area contributed by atoms with Gasteiger partial charge in [-0.25, -0.2) is 0 Å². The Morgan fingerprint density at radius 3 is 2.91 bits per heavy atom. The van der Waals surface area contributed by atoms with Crippen LogP contribution >= 0.6 is 23.4 Å². The van der Waals surface area contributed by atoms with Crippen molar-refractivity contribution in [3.63, 3.8) is 0 Å². The molecule has 0 N–H and O–H groups in total. The molecule has 1 aromatic carbocycles. The third-order valence-electron chi connectivity index (χ3n) is 4.52. The Morgan fingerprint density at radius 2 is 2.17 bits per heavy atom. The van der Waals surface area contributed by atoms with E-state index in [0.29, 0.717) is 6.04 Å². The molecule has 23 heavy (non-hydrogen) atoms.